The van der Waals surface area contributed by atoms with Gasteiger partial charge in [0.15, 0.2) is 11.5 Å². The summed E-state index contributed by atoms with van der Waals surface area (Å²) >= 11 is 0. The molecule has 90 valence electrons. The van der Waals surface area contributed by atoms with Crippen LogP contribution in [0, 0.1) is 6.92 Å². The molecule has 0 saturated carbocycles. The zero-order valence-electron chi connectivity index (χ0n) is 10.4. The summed E-state index contributed by atoms with van der Waals surface area (Å²) in [6.07, 6.45) is 1.81. The molecular weight excluding hydrogens is 218 g/mol. The fraction of sp³-hybridized carbons (Fsp3) is 0.417. The molecule has 2 aromatic heterocycles. The second-order valence-corrected chi connectivity index (χ2v) is 4.51. The van der Waals surface area contributed by atoms with E-state index in [0.717, 1.165) is 11.2 Å². The van der Waals surface area contributed by atoms with Crippen LogP contribution in [0.15, 0.2) is 18.3 Å². The van der Waals surface area contributed by atoms with E-state index in [9.17, 15) is 4.79 Å². The fourth-order valence-electron chi connectivity index (χ4n) is 1.65. The Morgan fingerprint density at radius 3 is 2.76 bits per heavy atom. The van der Waals surface area contributed by atoms with Gasteiger partial charge in [0.1, 0.15) is 5.41 Å². The van der Waals surface area contributed by atoms with Gasteiger partial charge in [-0.2, -0.15) is 5.10 Å². The zero-order chi connectivity index (χ0) is 12.6. The van der Waals surface area contributed by atoms with E-state index in [4.69, 9.17) is 4.74 Å². The molecule has 2 aromatic rings. The van der Waals surface area contributed by atoms with Crippen molar-refractivity contribution in [2.24, 2.45) is 0 Å². The Morgan fingerprint density at radius 2 is 2.18 bits per heavy atom. The first kappa shape index (κ1) is 11.6. The van der Waals surface area contributed by atoms with E-state index in [1.165, 1.54) is 7.11 Å². The minimum atomic E-state index is -0.840. The average Bonchev–Trinajstić information content (AvgIpc) is 2.74. The van der Waals surface area contributed by atoms with Gasteiger partial charge < -0.3 is 4.74 Å². The molecule has 0 aromatic carbocycles. The zero-order valence-corrected chi connectivity index (χ0v) is 10.4. The second-order valence-electron chi connectivity index (χ2n) is 4.51. The van der Waals surface area contributed by atoms with Crippen LogP contribution >= 0.6 is 0 Å². The average molecular weight is 233 g/mol. The van der Waals surface area contributed by atoms with Crippen molar-refractivity contribution in [1.82, 2.24) is 14.6 Å². The Kier molecular flexibility index (Phi) is 2.61. The minimum absolute atomic E-state index is 0.342. The molecule has 0 atom stereocenters. The van der Waals surface area contributed by atoms with E-state index in [1.807, 2.05) is 25.3 Å². The molecule has 0 unspecified atom stereocenters. The van der Waals surface area contributed by atoms with Crippen LogP contribution in [0.3, 0.4) is 0 Å². The predicted molar refractivity (Wildman–Crippen MR) is 62.8 cm³/mol. The molecular formula is C12H15N3O2. The summed E-state index contributed by atoms with van der Waals surface area (Å²) in [5.41, 5.74) is 0.944. The van der Waals surface area contributed by atoms with Crippen molar-refractivity contribution in [3.8, 4) is 0 Å². The lowest BCUT2D eigenvalue weighted by Gasteiger charge is -2.16. The van der Waals surface area contributed by atoms with Gasteiger partial charge in [-0.1, -0.05) is 6.07 Å². The summed E-state index contributed by atoms with van der Waals surface area (Å²) in [5, 5.41) is 4.32. The molecule has 0 aliphatic rings. The SMILES string of the molecule is COC(=O)C(C)(C)c1nc2c(C)cccn2n1. The summed E-state index contributed by atoms with van der Waals surface area (Å²) in [6, 6.07) is 3.85. The number of hydrogen-bond acceptors (Lipinski definition) is 4. The molecule has 0 amide bonds. The maximum Gasteiger partial charge on any atom is 0.319 e. The summed E-state index contributed by atoms with van der Waals surface area (Å²) in [7, 11) is 1.37. The van der Waals surface area contributed by atoms with Crippen LogP contribution in [0.5, 0.6) is 0 Å². The third-order valence-corrected chi connectivity index (χ3v) is 2.81. The minimum Gasteiger partial charge on any atom is -0.468 e. The molecule has 5 nitrogen and oxygen atoms in total. The Hall–Kier alpha value is -1.91. The fourth-order valence-corrected chi connectivity index (χ4v) is 1.65. The van der Waals surface area contributed by atoms with E-state index in [0.29, 0.717) is 5.82 Å². The number of carbonyl (C=O) groups is 1. The van der Waals surface area contributed by atoms with Crippen molar-refractivity contribution in [1.29, 1.82) is 0 Å². The molecule has 0 aliphatic heterocycles. The molecule has 2 rings (SSSR count). The van der Waals surface area contributed by atoms with E-state index in [2.05, 4.69) is 10.1 Å². The van der Waals surface area contributed by atoms with Crippen molar-refractivity contribution in [2.45, 2.75) is 26.2 Å². The van der Waals surface area contributed by atoms with Gasteiger partial charge >= 0.3 is 5.97 Å². The van der Waals surface area contributed by atoms with Crippen LogP contribution in [-0.4, -0.2) is 27.7 Å². The van der Waals surface area contributed by atoms with Gasteiger partial charge in [-0.05, 0) is 32.4 Å². The number of hydrogen-bond donors (Lipinski definition) is 0. The normalized spacial score (nSPS) is 11.8. The monoisotopic (exact) mass is 233 g/mol. The first-order chi connectivity index (χ1) is 7.96. The van der Waals surface area contributed by atoms with E-state index in [-0.39, 0.29) is 5.97 Å². The highest BCUT2D eigenvalue weighted by Gasteiger charge is 2.35. The Balaban J connectivity index is 2.57. The lowest BCUT2D eigenvalue weighted by atomic mass is 9.93. The van der Waals surface area contributed by atoms with E-state index >= 15 is 0 Å². The van der Waals surface area contributed by atoms with Crippen molar-refractivity contribution in [3.05, 3.63) is 29.7 Å². The van der Waals surface area contributed by atoms with Crippen LogP contribution in [0.2, 0.25) is 0 Å². The summed E-state index contributed by atoms with van der Waals surface area (Å²) in [5.74, 6) is 0.129. The number of ether oxygens (including phenoxy) is 1. The molecule has 2 heterocycles. The van der Waals surface area contributed by atoms with Gasteiger partial charge in [0.05, 0.1) is 7.11 Å². The van der Waals surface area contributed by atoms with Gasteiger partial charge in [-0.3, -0.25) is 4.79 Å². The second kappa shape index (κ2) is 3.84. The number of nitrogens with zero attached hydrogens (tertiary/aromatic N) is 3. The molecule has 0 radical (unpaired) electrons. The van der Waals surface area contributed by atoms with Gasteiger partial charge in [0.25, 0.3) is 0 Å². The molecule has 17 heavy (non-hydrogen) atoms. The van der Waals surface area contributed by atoms with Gasteiger partial charge in [-0.15, -0.1) is 0 Å². The van der Waals surface area contributed by atoms with E-state index < -0.39 is 5.41 Å². The summed E-state index contributed by atoms with van der Waals surface area (Å²) < 4.78 is 6.44. The molecule has 0 fully saturated rings. The molecule has 0 bridgehead atoms. The van der Waals surface area contributed by atoms with Gasteiger partial charge in [0, 0.05) is 6.20 Å². The first-order valence-corrected chi connectivity index (χ1v) is 5.37. The van der Waals surface area contributed by atoms with Gasteiger partial charge in [-0.25, -0.2) is 9.50 Å². The molecule has 5 heteroatoms. The molecule has 0 spiro atoms. The maximum atomic E-state index is 11.7. The standard InChI is InChI=1S/C12H15N3O2/c1-8-6-5-7-15-9(8)13-10(14-15)12(2,3)11(16)17-4/h5-7H,1-4H3. The van der Waals surface area contributed by atoms with Crippen LogP contribution < -0.4 is 0 Å². The number of esters is 1. The predicted octanol–water partition coefficient (Wildman–Crippen LogP) is 1.49. The van der Waals surface area contributed by atoms with Crippen LogP contribution in [0.25, 0.3) is 5.65 Å². The number of carbonyl (C=O) groups excluding carboxylic acids is 1. The number of pyridine rings is 1. The third kappa shape index (κ3) is 1.77. The van der Waals surface area contributed by atoms with Crippen molar-refractivity contribution in [3.63, 3.8) is 0 Å². The van der Waals surface area contributed by atoms with Crippen LogP contribution in [0.4, 0.5) is 0 Å². The van der Waals surface area contributed by atoms with E-state index in [1.54, 1.807) is 18.4 Å². The van der Waals surface area contributed by atoms with Crippen molar-refractivity contribution >= 4 is 11.6 Å². The number of fused-ring (bicyclic) bond motifs is 1. The first-order valence-electron chi connectivity index (χ1n) is 5.37. The number of aryl methyl sites for hydroxylation is 1. The highest BCUT2D eigenvalue weighted by atomic mass is 16.5. The molecule has 0 N–H and O–H groups in total. The highest BCUT2D eigenvalue weighted by molar-refractivity contribution is 5.81. The largest absolute Gasteiger partial charge is 0.468 e. The molecule has 0 aliphatic carbocycles. The number of aromatic nitrogens is 3. The highest BCUT2D eigenvalue weighted by Crippen LogP contribution is 2.22. The third-order valence-electron chi connectivity index (χ3n) is 2.81. The Morgan fingerprint density at radius 1 is 1.47 bits per heavy atom. The summed E-state index contributed by atoms with van der Waals surface area (Å²) in [4.78, 5) is 16.1. The molecule has 0 saturated heterocycles. The Bertz CT molecular complexity index is 572. The summed E-state index contributed by atoms with van der Waals surface area (Å²) in [6.45, 7) is 5.46. The number of methoxy groups -OCH3 is 1. The van der Waals surface area contributed by atoms with Crippen LogP contribution in [0.1, 0.15) is 25.2 Å². The van der Waals surface area contributed by atoms with Crippen molar-refractivity contribution in [2.75, 3.05) is 7.11 Å². The lowest BCUT2D eigenvalue weighted by molar-refractivity contribution is -0.146. The van der Waals surface area contributed by atoms with Crippen LogP contribution in [-0.2, 0) is 14.9 Å². The smallest absolute Gasteiger partial charge is 0.319 e. The maximum absolute atomic E-state index is 11.7. The quantitative estimate of drug-likeness (QED) is 0.737. The lowest BCUT2D eigenvalue weighted by Crippen LogP contribution is -2.31. The topological polar surface area (TPSA) is 56.5 Å². The van der Waals surface area contributed by atoms with Crippen molar-refractivity contribution < 1.29 is 9.53 Å². The number of rotatable bonds is 2. The Labute approximate surface area is 99.4 Å². The van der Waals surface area contributed by atoms with Gasteiger partial charge in [0.2, 0.25) is 0 Å².